The molecule has 0 heterocycles. The predicted octanol–water partition coefficient (Wildman–Crippen LogP) is 24.0. The molecule has 0 spiro atoms. The fourth-order valence-corrected chi connectivity index (χ4v) is 17.7. The lowest BCUT2D eigenvalue weighted by molar-refractivity contribution is 0.660. The minimum absolute atomic E-state index is 0.122. The van der Waals surface area contributed by atoms with Crippen molar-refractivity contribution in [3.05, 3.63) is 395 Å². The van der Waals surface area contributed by atoms with Crippen LogP contribution in [-0.2, 0) is 16.2 Å². The van der Waals surface area contributed by atoms with Crippen molar-refractivity contribution in [1.29, 1.82) is 0 Å². The van der Waals surface area contributed by atoms with E-state index in [1.165, 1.54) is 177 Å². The zero-order chi connectivity index (χ0) is 61.6. The highest BCUT2D eigenvalue weighted by Gasteiger charge is 2.48. The SMILES string of the molecule is CC1(C)c2ccccc2-c2ccc(-c3c4ccccc4c(-c4c5ccccc5c(-c5ccc6c(c5)C(c5ccccc5)(c5ccccc5)c5cc(-c7ccc8c(c7)C(c7ccccc7)(c7ccccc7)c7ccccc7-8)ccc5-6)c5ccccc45)c4ccccc34)cc21. The Morgan fingerprint density at radius 3 is 0.774 bits per heavy atom. The van der Waals surface area contributed by atoms with Crippen molar-refractivity contribution >= 4 is 43.1 Å². The first-order valence-corrected chi connectivity index (χ1v) is 32.8. The molecular formula is C93H62. The van der Waals surface area contributed by atoms with Crippen molar-refractivity contribution in [3.8, 4) is 77.9 Å². The minimum Gasteiger partial charge on any atom is -0.0622 e. The molecule has 3 aliphatic carbocycles. The van der Waals surface area contributed by atoms with Crippen molar-refractivity contribution in [3.63, 3.8) is 0 Å². The van der Waals surface area contributed by atoms with Crippen LogP contribution in [0.4, 0.5) is 0 Å². The third-order valence-electron chi connectivity index (χ3n) is 21.6. The van der Waals surface area contributed by atoms with Gasteiger partial charge in [-0.15, -0.1) is 0 Å². The van der Waals surface area contributed by atoms with E-state index in [4.69, 9.17) is 0 Å². The minimum atomic E-state index is -0.673. The van der Waals surface area contributed by atoms with Crippen molar-refractivity contribution in [2.45, 2.75) is 30.1 Å². The number of benzene rings is 16. The molecule has 0 aliphatic heterocycles. The molecule has 0 saturated heterocycles. The van der Waals surface area contributed by atoms with Crippen LogP contribution in [0.3, 0.4) is 0 Å². The van der Waals surface area contributed by atoms with E-state index in [0.717, 1.165) is 0 Å². The van der Waals surface area contributed by atoms with Gasteiger partial charge in [0.05, 0.1) is 10.8 Å². The molecule has 0 nitrogen and oxygen atoms in total. The highest BCUT2D eigenvalue weighted by atomic mass is 14.5. The number of hydrogen-bond donors (Lipinski definition) is 0. The van der Waals surface area contributed by atoms with Gasteiger partial charge in [0, 0.05) is 5.41 Å². The molecule has 0 atom stereocenters. The molecule has 0 saturated carbocycles. The maximum absolute atomic E-state index is 2.57. The molecule has 0 fully saturated rings. The summed E-state index contributed by atoms with van der Waals surface area (Å²) in [7, 11) is 0. The van der Waals surface area contributed by atoms with Gasteiger partial charge >= 0.3 is 0 Å². The molecule has 434 valence electrons. The van der Waals surface area contributed by atoms with Crippen molar-refractivity contribution in [2.24, 2.45) is 0 Å². The Hall–Kier alpha value is -11.4. The summed E-state index contributed by atoms with van der Waals surface area (Å²) in [5, 5.41) is 9.94. The zero-order valence-electron chi connectivity index (χ0n) is 51.8. The number of fused-ring (bicyclic) bond motifs is 13. The molecule has 19 rings (SSSR count). The summed E-state index contributed by atoms with van der Waals surface area (Å²) in [5.41, 5.74) is 29.3. The van der Waals surface area contributed by atoms with Gasteiger partial charge in [-0.1, -0.05) is 329 Å². The fraction of sp³-hybridized carbons (Fsp3) is 0.0538. The summed E-state index contributed by atoms with van der Waals surface area (Å²) in [4.78, 5) is 0. The molecular weight excluding hydrogens is 1120 g/mol. The van der Waals surface area contributed by atoms with E-state index >= 15 is 0 Å². The third kappa shape index (κ3) is 7.44. The lowest BCUT2D eigenvalue weighted by Gasteiger charge is -2.35. The summed E-state index contributed by atoms with van der Waals surface area (Å²) < 4.78 is 0. The predicted molar refractivity (Wildman–Crippen MR) is 390 cm³/mol. The smallest absolute Gasteiger partial charge is 0.0622 e. The Kier molecular flexibility index (Phi) is 11.6. The highest BCUT2D eigenvalue weighted by Crippen LogP contribution is 2.61. The average molecular weight is 1180 g/mol. The van der Waals surface area contributed by atoms with Gasteiger partial charge in [0.2, 0.25) is 0 Å². The second-order valence-corrected chi connectivity index (χ2v) is 26.4. The quantitative estimate of drug-likeness (QED) is 0.133. The molecule has 0 unspecified atom stereocenters. The van der Waals surface area contributed by atoms with Crippen LogP contribution in [0, 0.1) is 0 Å². The van der Waals surface area contributed by atoms with Gasteiger partial charge < -0.3 is 0 Å². The van der Waals surface area contributed by atoms with Crippen molar-refractivity contribution < 1.29 is 0 Å². The molecule has 0 bridgehead atoms. The van der Waals surface area contributed by atoms with Crippen molar-refractivity contribution in [1.82, 2.24) is 0 Å². The summed E-state index contributed by atoms with van der Waals surface area (Å²) in [6.45, 7) is 4.77. The van der Waals surface area contributed by atoms with E-state index in [1.54, 1.807) is 0 Å². The lowest BCUT2D eigenvalue weighted by atomic mass is 9.66. The molecule has 0 aromatic heterocycles. The van der Waals surface area contributed by atoms with Crippen LogP contribution >= 0.6 is 0 Å². The fourth-order valence-electron chi connectivity index (χ4n) is 17.7. The average Bonchev–Trinajstić information content (AvgIpc) is 1.61. The van der Waals surface area contributed by atoms with Gasteiger partial charge in [0.15, 0.2) is 0 Å². The Balaban J connectivity index is 0.819. The zero-order valence-corrected chi connectivity index (χ0v) is 51.8. The Morgan fingerprint density at radius 2 is 0.409 bits per heavy atom. The number of hydrogen-bond acceptors (Lipinski definition) is 0. The summed E-state index contributed by atoms with van der Waals surface area (Å²) >= 11 is 0. The van der Waals surface area contributed by atoms with Gasteiger partial charge in [-0.25, -0.2) is 0 Å². The largest absolute Gasteiger partial charge is 0.0713 e. The second kappa shape index (κ2) is 20.3. The van der Waals surface area contributed by atoms with Crippen LogP contribution in [0.25, 0.3) is 121 Å². The van der Waals surface area contributed by atoms with E-state index in [1.807, 2.05) is 0 Å². The van der Waals surface area contributed by atoms with Gasteiger partial charge in [-0.05, 0) is 201 Å². The van der Waals surface area contributed by atoms with Crippen LogP contribution in [0.5, 0.6) is 0 Å². The van der Waals surface area contributed by atoms with E-state index < -0.39 is 10.8 Å². The topological polar surface area (TPSA) is 0 Å². The number of rotatable bonds is 8. The summed E-state index contributed by atoms with van der Waals surface area (Å²) in [5.74, 6) is 0. The molecule has 16 aromatic carbocycles. The lowest BCUT2D eigenvalue weighted by Crippen LogP contribution is -2.28. The maximum Gasteiger partial charge on any atom is 0.0713 e. The Bertz CT molecular complexity index is 5560. The normalized spacial score (nSPS) is 14.2. The van der Waals surface area contributed by atoms with E-state index in [2.05, 4.69) is 354 Å². The molecule has 0 N–H and O–H groups in total. The summed E-state index contributed by atoms with van der Waals surface area (Å²) in [6.07, 6.45) is 0. The standard InChI is InChI=1S/C93H62/c1-91(2)81-45-25-23-35-67(81)69-53-49-61(57-83(69)91)87-73-37-15-19-41-77(73)89(78-42-20-16-38-74(78)87)90-79-43-21-17-39-75(79)88(76-40-18-22-44-80(76)90)62-50-54-72-71-52-48-60(56-85(71)93(86(72)58-62,65-31-11-5-12-32-65)66-33-13-6-14-34-66)59-47-51-70-68-36-24-26-46-82(68)92(84(70)55-59,63-27-7-3-8-28-63)64-29-9-4-10-30-64/h3-58H,1-2H3. The first-order chi connectivity index (χ1) is 45.9. The Morgan fingerprint density at radius 1 is 0.172 bits per heavy atom. The summed E-state index contributed by atoms with van der Waals surface area (Å²) in [6, 6.07) is 129. The van der Waals surface area contributed by atoms with Crippen LogP contribution in [0.1, 0.15) is 69.5 Å². The van der Waals surface area contributed by atoms with Crippen LogP contribution in [-0.4, -0.2) is 0 Å². The first-order valence-electron chi connectivity index (χ1n) is 32.8. The van der Waals surface area contributed by atoms with Crippen molar-refractivity contribution in [2.75, 3.05) is 0 Å². The molecule has 0 heteroatoms. The van der Waals surface area contributed by atoms with Gasteiger partial charge in [-0.3, -0.25) is 0 Å². The molecule has 3 aliphatic rings. The van der Waals surface area contributed by atoms with Crippen LogP contribution < -0.4 is 0 Å². The molecule has 0 radical (unpaired) electrons. The van der Waals surface area contributed by atoms with Gasteiger partial charge in [0.1, 0.15) is 0 Å². The maximum atomic E-state index is 2.57. The molecule has 0 amide bonds. The third-order valence-corrected chi connectivity index (χ3v) is 21.6. The monoisotopic (exact) mass is 1180 g/mol. The second-order valence-electron chi connectivity index (χ2n) is 26.4. The van der Waals surface area contributed by atoms with E-state index in [9.17, 15) is 0 Å². The van der Waals surface area contributed by atoms with Crippen LogP contribution in [0.15, 0.2) is 340 Å². The van der Waals surface area contributed by atoms with Gasteiger partial charge in [0.25, 0.3) is 0 Å². The van der Waals surface area contributed by atoms with Gasteiger partial charge in [-0.2, -0.15) is 0 Å². The van der Waals surface area contributed by atoms with E-state index in [0.29, 0.717) is 0 Å². The highest BCUT2D eigenvalue weighted by molar-refractivity contribution is 6.30. The van der Waals surface area contributed by atoms with Crippen LogP contribution in [0.2, 0.25) is 0 Å². The molecule has 16 aromatic rings. The Labute approximate surface area is 543 Å². The molecule has 93 heavy (non-hydrogen) atoms. The first kappa shape index (κ1) is 53.4. The van der Waals surface area contributed by atoms with E-state index in [-0.39, 0.29) is 5.41 Å².